The third-order valence-electron chi connectivity index (χ3n) is 3.30. The molecule has 0 unspecified atom stereocenters. The fourth-order valence-electron chi connectivity index (χ4n) is 2.13. The minimum absolute atomic E-state index is 0.0162. The van der Waals surface area contributed by atoms with Gasteiger partial charge in [0.1, 0.15) is 5.15 Å². The predicted molar refractivity (Wildman–Crippen MR) is 80.1 cm³/mol. The molecular weight excluding hydrogens is 315 g/mol. The van der Waals surface area contributed by atoms with Crippen molar-refractivity contribution in [3.8, 4) is 6.19 Å². The summed E-state index contributed by atoms with van der Waals surface area (Å²) in [5, 5.41) is 14.0. The van der Waals surface area contributed by atoms with Crippen LogP contribution in [-0.2, 0) is 10.2 Å². The summed E-state index contributed by atoms with van der Waals surface area (Å²) in [6, 6.07) is -0.282. The molecule has 0 bridgehead atoms. The number of halogens is 2. The van der Waals surface area contributed by atoms with Crippen molar-refractivity contribution < 1.29 is 9.18 Å². The van der Waals surface area contributed by atoms with Crippen molar-refractivity contribution in [2.24, 2.45) is 0 Å². The van der Waals surface area contributed by atoms with Crippen LogP contribution in [0.15, 0.2) is 0 Å². The Morgan fingerprint density at radius 3 is 2.67 bits per heavy atom. The maximum atomic E-state index is 14.3. The first-order valence-corrected chi connectivity index (χ1v) is 7.67. The Morgan fingerprint density at radius 2 is 2.19 bits per heavy atom. The zero-order chi connectivity index (χ0) is 15.8. The summed E-state index contributed by atoms with van der Waals surface area (Å²) in [5.74, 6) is -0.732. The second kappa shape index (κ2) is 5.43. The molecule has 0 spiro atoms. The van der Waals surface area contributed by atoms with Gasteiger partial charge >= 0.3 is 0 Å². The van der Waals surface area contributed by atoms with E-state index in [1.165, 1.54) is 11.3 Å². The first-order valence-electron chi connectivity index (χ1n) is 6.47. The number of carbonyl (C=O) groups excluding carboxylic acids is 1. The van der Waals surface area contributed by atoms with Gasteiger partial charge in [0, 0.05) is 18.9 Å². The molecule has 1 aromatic rings. The van der Waals surface area contributed by atoms with E-state index in [9.17, 15) is 9.18 Å². The van der Waals surface area contributed by atoms with Gasteiger partial charge in [-0.3, -0.25) is 10.1 Å². The molecule has 0 radical (unpaired) electrons. The summed E-state index contributed by atoms with van der Waals surface area (Å²) >= 11 is 7.29. The van der Waals surface area contributed by atoms with Crippen LogP contribution in [0.25, 0.3) is 0 Å². The standard InChI is InChI=1S/C13H16ClFN4OS/c1-12(2,3)8-9(14)18-11(21-8)19-10(20)13(15)4-7(5-13)17-6-16/h7,17H,4-5H2,1-3H3,(H,18,19,20)/t7-,13-. The van der Waals surface area contributed by atoms with Crippen molar-refractivity contribution in [1.29, 1.82) is 5.26 Å². The molecule has 21 heavy (non-hydrogen) atoms. The van der Waals surface area contributed by atoms with E-state index in [-0.39, 0.29) is 24.3 Å². The highest BCUT2D eigenvalue weighted by Crippen LogP contribution is 2.40. The van der Waals surface area contributed by atoms with Crippen molar-refractivity contribution in [3.05, 3.63) is 10.0 Å². The van der Waals surface area contributed by atoms with Crippen LogP contribution in [0.1, 0.15) is 38.5 Å². The van der Waals surface area contributed by atoms with Crippen LogP contribution >= 0.6 is 22.9 Å². The summed E-state index contributed by atoms with van der Waals surface area (Å²) < 4.78 is 14.3. The zero-order valence-corrected chi connectivity index (χ0v) is 13.5. The number of hydrogen-bond acceptors (Lipinski definition) is 5. The van der Waals surface area contributed by atoms with Gasteiger partial charge in [0.05, 0.1) is 4.88 Å². The number of nitriles is 1. The molecule has 1 saturated carbocycles. The first kappa shape index (κ1) is 16.0. The fraction of sp³-hybridized carbons (Fsp3) is 0.615. The van der Waals surface area contributed by atoms with Crippen molar-refractivity contribution in [1.82, 2.24) is 10.3 Å². The highest BCUT2D eigenvalue weighted by Gasteiger charge is 2.51. The maximum Gasteiger partial charge on any atom is 0.263 e. The van der Waals surface area contributed by atoms with Gasteiger partial charge in [-0.2, -0.15) is 5.26 Å². The smallest absolute Gasteiger partial charge is 0.263 e. The van der Waals surface area contributed by atoms with Crippen molar-refractivity contribution in [2.75, 3.05) is 5.32 Å². The van der Waals surface area contributed by atoms with Crippen molar-refractivity contribution in [2.45, 2.75) is 50.7 Å². The van der Waals surface area contributed by atoms with Crippen LogP contribution in [0.2, 0.25) is 5.15 Å². The van der Waals surface area contributed by atoms with E-state index < -0.39 is 11.6 Å². The van der Waals surface area contributed by atoms with Crippen LogP contribution in [0.3, 0.4) is 0 Å². The lowest BCUT2D eigenvalue weighted by Gasteiger charge is -2.38. The molecule has 1 aliphatic rings. The molecule has 0 aromatic carbocycles. The van der Waals surface area contributed by atoms with Gasteiger partial charge in [-0.25, -0.2) is 9.37 Å². The van der Waals surface area contributed by atoms with Gasteiger partial charge in [-0.1, -0.05) is 43.7 Å². The molecule has 5 nitrogen and oxygen atoms in total. The third-order valence-corrected chi connectivity index (χ3v) is 5.09. The van der Waals surface area contributed by atoms with E-state index in [0.29, 0.717) is 10.3 Å². The number of carbonyl (C=O) groups is 1. The molecule has 1 aromatic heterocycles. The number of nitrogens with one attached hydrogen (secondary N) is 2. The Kier molecular flexibility index (Phi) is 4.13. The summed E-state index contributed by atoms with van der Waals surface area (Å²) in [6.07, 6.45) is 1.71. The molecule has 1 amide bonds. The molecule has 8 heteroatoms. The predicted octanol–water partition coefficient (Wildman–Crippen LogP) is 2.97. The van der Waals surface area contributed by atoms with Gasteiger partial charge in [0.15, 0.2) is 17.0 Å². The molecule has 0 atom stereocenters. The quantitative estimate of drug-likeness (QED) is 0.659. The second-order valence-electron chi connectivity index (χ2n) is 6.17. The fourth-order valence-corrected chi connectivity index (χ4v) is 3.57. The van der Waals surface area contributed by atoms with E-state index in [2.05, 4.69) is 15.6 Å². The Bertz CT molecular complexity index is 598. The zero-order valence-electron chi connectivity index (χ0n) is 12.0. The van der Waals surface area contributed by atoms with Gasteiger partial charge in [-0.05, 0) is 5.41 Å². The van der Waals surface area contributed by atoms with Crippen LogP contribution in [0.4, 0.5) is 9.52 Å². The molecule has 2 rings (SSSR count). The Balaban J connectivity index is 2.03. The van der Waals surface area contributed by atoms with Crippen LogP contribution in [0, 0.1) is 11.5 Å². The first-order chi connectivity index (χ1) is 9.65. The molecule has 1 heterocycles. The van der Waals surface area contributed by atoms with Gasteiger partial charge in [0.2, 0.25) is 0 Å². The lowest BCUT2D eigenvalue weighted by molar-refractivity contribution is -0.134. The molecule has 1 aliphatic carbocycles. The third kappa shape index (κ3) is 3.27. The average Bonchev–Trinajstić information content (AvgIpc) is 2.68. The summed E-state index contributed by atoms with van der Waals surface area (Å²) in [4.78, 5) is 16.9. The van der Waals surface area contributed by atoms with E-state index in [1.807, 2.05) is 20.8 Å². The number of nitrogens with zero attached hydrogens (tertiary/aromatic N) is 2. The molecule has 0 saturated heterocycles. The maximum absolute atomic E-state index is 14.3. The molecule has 0 aliphatic heterocycles. The highest BCUT2D eigenvalue weighted by molar-refractivity contribution is 7.16. The van der Waals surface area contributed by atoms with E-state index in [0.717, 1.165) is 4.88 Å². The van der Waals surface area contributed by atoms with Crippen LogP contribution in [-0.4, -0.2) is 22.6 Å². The SMILES string of the molecule is CC(C)(C)c1sc(NC(=O)[C@]2(F)C[C@H](NC#N)C2)nc1Cl. The minimum atomic E-state index is -1.95. The Hall–Kier alpha value is -1.39. The number of alkyl halides is 1. The van der Waals surface area contributed by atoms with Crippen molar-refractivity contribution >= 4 is 34.0 Å². The van der Waals surface area contributed by atoms with E-state index in [1.54, 1.807) is 6.19 Å². The average molecular weight is 331 g/mol. The number of anilines is 1. The molecule has 114 valence electrons. The largest absolute Gasteiger partial charge is 0.321 e. The molecule has 1 fully saturated rings. The summed E-state index contributed by atoms with van der Waals surface area (Å²) in [7, 11) is 0. The summed E-state index contributed by atoms with van der Waals surface area (Å²) in [5.41, 5.74) is -2.14. The Labute approximate surface area is 131 Å². The van der Waals surface area contributed by atoms with E-state index in [4.69, 9.17) is 16.9 Å². The van der Waals surface area contributed by atoms with Gasteiger partial charge < -0.3 is 5.32 Å². The van der Waals surface area contributed by atoms with Crippen molar-refractivity contribution in [3.63, 3.8) is 0 Å². The van der Waals surface area contributed by atoms with Gasteiger partial charge in [-0.15, -0.1) is 0 Å². The van der Waals surface area contributed by atoms with E-state index >= 15 is 0 Å². The second-order valence-corrected chi connectivity index (χ2v) is 7.53. The molecule has 2 N–H and O–H groups in total. The lowest BCUT2D eigenvalue weighted by atomic mass is 9.76. The number of aromatic nitrogens is 1. The number of hydrogen-bond donors (Lipinski definition) is 2. The lowest BCUT2D eigenvalue weighted by Crippen LogP contribution is -2.56. The summed E-state index contributed by atoms with van der Waals surface area (Å²) in [6.45, 7) is 5.95. The highest BCUT2D eigenvalue weighted by atomic mass is 35.5. The number of thiazole rings is 1. The number of rotatable bonds is 3. The number of amides is 1. The van der Waals surface area contributed by atoms with Crippen LogP contribution in [0.5, 0.6) is 0 Å². The topological polar surface area (TPSA) is 77.8 Å². The molecular formula is C13H16ClFN4OS. The van der Waals surface area contributed by atoms with Gasteiger partial charge in [0.25, 0.3) is 5.91 Å². The monoisotopic (exact) mass is 330 g/mol. The van der Waals surface area contributed by atoms with Crippen LogP contribution < -0.4 is 10.6 Å². The minimum Gasteiger partial charge on any atom is -0.321 e. The normalized spacial score (nSPS) is 24.9. The Morgan fingerprint density at radius 1 is 1.57 bits per heavy atom.